The number of carbonyl (C=O) groups is 1. The summed E-state index contributed by atoms with van der Waals surface area (Å²) in [5, 5.41) is 0.938. The van der Waals surface area contributed by atoms with E-state index < -0.39 is 6.03 Å². The summed E-state index contributed by atoms with van der Waals surface area (Å²) < 4.78 is 1.38. The van der Waals surface area contributed by atoms with E-state index in [4.69, 9.17) is 28.9 Å². The first-order valence-corrected chi connectivity index (χ1v) is 6.43. The summed E-state index contributed by atoms with van der Waals surface area (Å²) in [7, 11) is 0. The zero-order valence-corrected chi connectivity index (χ0v) is 11.1. The van der Waals surface area contributed by atoms with E-state index in [0.29, 0.717) is 15.7 Å². The maximum atomic E-state index is 11.3. The van der Waals surface area contributed by atoms with E-state index in [2.05, 4.69) is 0 Å². The first-order chi connectivity index (χ1) is 7.56. The van der Waals surface area contributed by atoms with Crippen molar-refractivity contribution in [1.29, 1.82) is 0 Å². The summed E-state index contributed by atoms with van der Waals surface area (Å²) in [4.78, 5) is 11.3. The minimum atomic E-state index is -0.539. The summed E-state index contributed by atoms with van der Waals surface area (Å²) in [6.45, 7) is 2.02. The largest absolute Gasteiger partial charge is 0.350 e. The van der Waals surface area contributed by atoms with Crippen molar-refractivity contribution in [3.05, 3.63) is 28.2 Å². The van der Waals surface area contributed by atoms with Crippen LogP contribution in [-0.4, -0.2) is 11.8 Å². The molecule has 0 saturated carbocycles. The predicted molar refractivity (Wildman–Crippen MR) is 71.3 cm³/mol. The van der Waals surface area contributed by atoms with Gasteiger partial charge in [0.1, 0.15) is 0 Å². The minimum Gasteiger partial charge on any atom is -0.350 e. The normalized spacial score (nSPS) is 10.2. The number of amides is 2. The van der Waals surface area contributed by atoms with Crippen molar-refractivity contribution in [2.75, 3.05) is 10.1 Å². The van der Waals surface area contributed by atoms with Crippen molar-refractivity contribution < 1.29 is 4.79 Å². The van der Waals surface area contributed by atoms with Gasteiger partial charge >= 0.3 is 6.03 Å². The van der Waals surface area contributed by atoms with Gasteiger partial charge in [-0.05, 0) is 36.6 Å². The third-order valence-electron chi connectivity index (χ3n) is 1.75. The molecule has 16 heavy (non-hydrogen) atoms. The maximum Gasteiger partial charge on any atom is 0.329 e. The van der Waals surface area contributed by atoms with E-state index in [9.17, 15) is 4.79 Å². The molecule has 2 amide bonds. The van der Waals surface area contributed by atoms with Crippen LogP contribution in [-0.2, 0) is 0 Å². The average Bonchev–Trinajstić information content (AvgIpc) is 2.20. The molecule has 2 N–H and O–H groups in total. The number of benzene rings is 1. The van der Waals surface area contributed by atoms with Crippen LogP contribution < -0.4 is 10.0 Å². The number of primary amides is 1. The number of halogens is 2. The highest BCUT2D eigenvalue weighted by atomic mass is 35.5. The smallest absolute Gasteiger partial charge is 0.329 e. The van der Waals surface area contributed by atoms with E-state index in [-0.39, 0.29) is 0 Å². The van der Waals surface area contributed by atoms with Gasteiger partial charge in [0.05, 0.1) is 10.7 Å². The van der Waals surface area contributed by atoms with E-state index in [1.807, 2.05) is 6.92 Å². The van der Waals surface area contributed by atoms with Gasteiger partial charge in [0.2, 0.25) is 0 Å². The monoisotopic (exact) mass is 278 g/mol. The maximum absolute atomic E-state index is 11.3. The molecule has 0 aromatic heterocycles. The van der Waals surface area contributed by atoms with Crippen molar-refractivity contribution in [1.82, 2.24) is 0 Å². The zero-order chi connectivity index (χ0) is 12.1. The molecule has 3 nitrogen and oxygen atoms in total. The first kappa shape index (κ1) is 13.5. The van der Waals surface area contributed by atoms with Crippen LogP contribution in [0.2, 0.25) is 10.0 Å². The predicted octanol–water partition coefficient (Wildman–Crippen LogP) is 3.94. The van der Waals surface area contributed by atoms with E-state index >= 15 is 0 Å². The number of hydrogen-bond donors (Lipinski definition) is 1. The lowest BCUT2D eigenvalue weighted by Gasteiger charge is -2.19. The van der Waals surface area contributed by atoms with Gasteiger partial charge in [0, 0.05) is 10.8 Å². The van der Waals surface area contributed by atoms with Crippen LogP contribution in [0.3, 0.4) is 0 Å². The molecule has 0 aliphatic heterocycles. The summed E-state index contributed by atoms with van der Waals surface area (Å²) in [5.41, 5.74) is 5.86. The topological polar surface area (TPSA) is 46.3 Å². The Labute approximate surface area is 109 Å². The van der Waals surface area contributed by atoms with Crippen LogP contribution in [0.5, 0.6) is 0 Å². The Morgan fingerprint density at radius 3 is 2.69 bits per heavy atom. The molecule has 0 atom stereocenters. The Balaban J connectivity index is 2.96. The molecule has 1 aromatic rings. The molecule has 1 aromatic carbocycles. The van der Waals surface area contributed by atoms with Crippen LogP contribution in [0, 0.1) is 0 Å². The Hall–Kier alpha value is -0.580. The summed E-state index contributed by atoms with van der Waals surface area (Å²) in [6, 6.07) is 4.40. The fourth-order valence-electron chi connectivity index (χ4n) is 1.08. The van der Waals surface area contributed by atoms with E-state index in [0.717, 1.165) is 12.2 Å². The van der Waals surface area contributed by atoms with Crippen LogP contribution in [0.1, 0.15) is 13.3 Å². The number of nitrogens with two attached hydrogens (primary N) is 1. The molecule has 0 fully saturated rings. The molecule has 0 saturated heterocycles. The zero-order valence-electron chi connectivity index (χ0n) is 8.74. The summed E-state index contributed by atoms with van der Waals surface area (Å²) >= 11 is 13.1. The molecule has 1 rings (SSSR count). The lowest BCUT2D eigenvalue weighted by atomic mass is 10.3. The molecule has 6 heteroatoms. The molecule has 0 heterocycles. The number of anilines is 1. The lowest BCUT2D eigenvalue weighted by molar-refractivity contribution is 0.257. The Morgan fingerprint density at radius 1 is 1.50 bits per heavy atom. The van der Waals surface area contributed by atoms with E-state index in [1.165, 1.54) is 16.3 Å². The molecule has 88 valence electrons. The third kappa shape index (κ3) is 3.47. The Morgan fingerprint density at radius 2 is 2.19 bits per heavy atom. The molecular formula is C10H12Cl2N2OS. The molecule has 0 unspecified atom stereocenters. The van der Waals surface area contributed by atoms with Gasteiger partial charge in [0.15, 0.2) is 0 Å². The Kier molecular flexibility index (Phi) is 5.25. The summed E-state index contributed by atoms with van der Waals surface area (Å²) in [5.74, 6) is 0.794. The van der Waals surface area contributed by atoms with E-state index in [1.54, 1.807) is 18.2 Å². The van der Waals surface area contributed by atoms with Crippen molar-refractivity contribution in [2.24, 2.45) is 5.73 Å². The van der Waals surface area contributed by atoms with Crippen LogP contribution in [0.4, 0.5) is 10.5 Å². The van der Waals surface area contributed by atoms with Gasteiger partial charge in [0.25, 0.3) is 0 Å². The number of hydrogen-bond acceptors (Lipinski definition) is 2. The fraction of sp³-hybridized carbons (Fsp3) is 0.300. The van der Waals surface area contributed by atoms with Crippen molar-refractivity contribution in [3.63, 3.8) is 0 Å². The summed E-state index contributed by atoms with van der Waals surface area (Å²) in [6.07, 6.45) is 0.944. The molecule has 0 radical (unpaired) electrons. The van der Waals surface area contributed by atoms with Gasteiger partial charge < -0.3 is 5.73 Å². The second-order valence-electron chi connectivity index (χ2n) is 3.06. The number of nitrogens with zero attached hydrogens (tertiary/aromatic N) is 1. The van der Waals surface area contributed by atoms with Crippen LogP contribution >= 0.6 is 35.1 Å². The molecule has 0 spiro atoms. The minimum absolute atomic E-state index is 0.412. The molecule has 0 aliphatic carbocycles. The van der Waals surface area contributed by atoms with Crippen molar-refractivity contribution in [2.45, 2.75) is 13.3 Å². The highest BCUT2D eigenvalue weighted by Gasteiger charge is 2.16. The second kappa shape index (κ2) is 6.23. The highest BCUT2D eigenvalue weighted by molar-refractivity contribution is 8.01. The quantitative estimate of drug-likeness (QED) is 0.848. The first-order valence-electron chi connectivity index (χ1n) is 4.73. The van der Waals surface area contributed by atoms with Crippen LogP contribution in [0.15, 0.2) is 18.2 Å². The van der Waals surface area contributed by atoms with Crippen molar-refractivity contribution in [3.8, 4) is 0 Å². The van der Waals surface area contributed by atoms with Crippen LogP contribution in [0.25, 0.3) is 0 Å². The molecule has 0 aliphatic rings. The van der Waals surface area contributed by atoms with Gasteiger partial charge in [-0.2, -0.15) is 0 Å². The fourth-order valence-corrected chi connectivity index (χ4v) is 2.41. The molecular weight excluding hydrogens is 267 g/mol. The standard InChI is InChI=1S/C10H12Cl2N2OS/c1-2-5-16-14(10(13)15)9-4-3-7(11)6-8(9)12/h3-4,6H,2,5H2,1H3,(H2,13,15). The second-order valence-corrected chi connectivity index (χ2v) is 4.94. The Bertz CT molecular complexity index is 387. The van der Waals surface area contributed by atoms with Crippen molar-refractivity contribution >= 4 is 46.9 Å². The molecule has 0 bridgehead atoms. The number of urea groups is 1. The van der Waals surface area contributed by atoms with Gasteiger partial charge in [-0.1, -0.05) is 30.1 Å². The lowest BCUT2D eigenvalue weighted by Crippen LogP contribution is -2.30. The van der Waals surface area contributed by atoms with Gasteiger partial charge in [-0.3, -0.25) is 0 Å². The third-order valence-corrected chi connectivity index (χ3v) is 3.52. The van der Waals surface area contributed by atoms with Gasteiger partial charge in [-0.25, -0.2) is 9.10 Å². The van der Waals surface area contributed by atoms with Gasteiger partial charge in [-0.15, -0.1) is 0 Å². The number of rotatable bonds is 4. The number of carbonyl (C=O) groups excluding carboxylic acids is 1. The SMILES string of the molecule is CCCSN(C(N)=O)c1ccc(Cl)cc1Cl. The average molecular weight is 279 g/mol. The highest BCUT2D eigenvalue weighted by Crippen LogP contribution is 2.32.